The van der Waals surface area contributed by atoms with Crippen molar-refractivity contribution < 1.29 is 27.8 Å². The molecule has 0 spiro atoms. The number of carbonyl (C=O) groups is 1. The first-order valence-electron chi connectivity index (χ1n) is 6.11. The SMILES string of the molecule is O=C1OCC(c2ccc(C(F)(F)F)cc2)CN1CCO. The Labute approximate surface area is 113 Å². The lowest BCUT2D eigenvalue weighted by molar-refractivity contribution is -0.137. The van der Waals surface area contributed by atoms with Gasteiger partial charge in [-0.05, 0) is 17.7 Å². The summed E-state index contributed by atoms with van der Waals surface area (Å²) in [4.78, 5) is 12.7. The third-order valence-corrected chi connectivity index (χ3v) is 3.19. The van der Waals surface area contributed by atoms with Gasteiger partial charge in [-0.3, -0.25) is 0 Å². The molecule has 1 aromatic carbocycles. The molecular formula is C13H14F3NO3. The number of benzene rings is 1. The third kappa shape index (κ3) is 3.22. The van der Waals surface area contributed by atoms with Gasteiger partial charge in [0.2, 0.25) is 0 Å². The lowest BCUT2D eigenvalue weighted by atomic mass is 9.97. The Kier molecular flexibility index (Phi) is 4.17. The number of β-amino-alcohol motifs (C(OH)–C–C–N with tert-alkyl or cyclic N) is 1. The maximum Gasteiger partial charge on any atom is 0.416 e. The number of carbonyl (C=O) groups excluding carboxylic acids is 1. The molecule has 0 radical (unpaired) electrons. The van der Waals surface area contributed by atoms with Crippen molar-refractivity contribution in [1.29, 1.82) is 0 Å². The van der Waals surface area contributed by atoms with Crippen molar-refractivity contribution in [2.24, 2.45) is 0 Å². The molecule has 1 aliphatic heterocycles. The first-order valence-corrected chi connectivity index (χ1v) is 6.11. The molecule has 1 aromatic rings. The van der Waals surface area contributed by atoms with E-state index in [-0.39, 0.29) is 25.7 Å². The zero-order valence-electron chi connectivity index (χ0n) is 10.6. The first-order chi connectivity index (χ1) is 9.41. The standard InChI is InChI=1S/C13H14F3NO3/c14-13(15,16)11-3-1-9(2-4-11)10-7-17(5-6-18)12(19)20-8-10/h1-4,10,18H,5-8H2. The summed E-state index contributed by atoms with van der Waals surface area (Å²) in [6.45, 7) is 0.418. The van der Waals surface area contributed by atoms with Gasteiger partial charge in [0.05, 0.1) is 12.2 Å². The highest BCUT2D eigenvalue weighted by molar-refractivity contribution is 5.68. The summed E-state index contributed by atoms with van der Waals surface area (Å²) in [7, 11) is 0. The van der Waals surface area contributed by atoms with Crippen LogP contribution in [0.2, 0.25) is 0 Å². The number of nitrogens with zero attached hydrogens (tertiary/aromatic N) is 1. The fraction of sp³-hybridized carbons (Fsp3) is 0.462. The Morgan fingerprint density at radius 3 is 2.50 bits per heavy atom. The highest BCUT2D eigenvalue weighted by Gasteiger charge is 2.31. The molecule has 1 heterocycles. The van der Waals surface area contributed by atoms with Crippen molar-refractivity contribution in [3.8, 4) is 0 Å². The van der Waals surface area contributed by atoms with Crippen molar-refractivity contribution in [2.75, 3.05) is 26.3 Å². The quantitative estimate of drug-likeness (QED) is 0.928. The Morgan fingerprint density at radius 2 is 1.95 bits per heavy atom. The van der Waals surface area contributed by atoms with E-state index in [1.54, 1.807) is 0 Å². The molecule has 110 valence electrons. The molecule has 1 aliphatic rings. The van der Waals surface area contributed by atoms with E-state index in [9.17, 15) is 18.0 Å². The molecule has 1 saturated heterocycles. The van der Waals surface area contributed by atoms with Crippen LogP contribution in [0.5, 0.6) is 0 Å². The summed E-state index contributed by atoms with van der Waals surface area (Å²) in [5.41, 5.74) is -0.0327. The van der Waals surface area contributed by atoms with Gasteiger partial charge in [-0.2, -0.15) is 13.2 Å². The van der Waals surface area contributed by atoms with Crippen LogP contribution in [0.4, 0.5) is 18.0 Å². The Balaban J connectivity index is 2.10. The van der Waals surface area contributed by atoms with Gasteiger partial charge in [0.25, 0.3) is 0 Å². The Morgan fingerprint density at radius 1 is 1.30 bits per heavy atom. The van der Waals surface area contributed by atoms with Gasteiger partial charge >= 0.3 is 12.3 Å². The number of hydrogen-bond donors (Lipinski definition) is 1. The minimum atomic E-state index is -4.36. The molecule has 1 fully saturated rings. The number of aliphatic hydroxyl groups excluding tert-OH is 1. The van der Waals surface area contributed by atoms with Crippen LogP contribution < -0.4 is 0 Å². The number of hydrogen-bond acceptors (Lipinski definition) is 3. The molecule has 1 atom stereocenters. The van der Waals surface area contributed by atoms with E-state index in [1.807, 2.05) is 0 Å². The molecule has 7 heteroatoms. The van der Waals surface area contributed by atoms with Crippen LogP contribution in [-0.2, 0) is 10.9 Å². The van der Waals surface area contributed by atoms with Gasteiger partial charge < -0.3 is 14.7 Å². The van der Waals surface area contributed by atoms with Gasteiger partial charge in [-0.15, -0.1) is 0 Å². The monoisotopic (exact) mass is 289 g/mol. The fourth-order valence-electron chi connectivity index (χ4n) is 2.11. The van der Waals surface area contributed by atoms with Crippen molar-refractivity contribution in [3.63, 3.8) is 0 Å². The number of halogens is 3. The normalized spacial score (nSPS) is 19.9. The van der Waals surface area contributed by atoms with Gasteiger partial charge in [-0.25, -0.2) is 4.79 Å². The van der Waals surface area contributed by atoms with Crippen LogP contribution in [0.25, 0.3) is 0 Å². The maximum atomic E-state index is 12.5. The number of alkyl halides is 3. The first kappa shape index (κ1) is 14.6. The maximum absolute atomic E-state index is 12.5. The van der Waals surface area contributed by atoms with Crippen LogP contribution >= 0.6 is 0 Å². The minimum Gasteiger partial charge on any atom is -0.449 e. The summed E-state index contributed by atoms with van der Waals surface area (Å²) >= 11 is 0. The minimum absolute atomic E-state index is 0.131. The number of ether oxygens (including phenoxy) is 1. The highest BCUT2D eigenvalue weighted by Crippen LogP contribution is 2.31. The van der Waals surface area contributed by atoms with Gasteiger partial charge in [0, 0.05) is 19.0 Å². The topological polar surface area (TPSA) is 49.8 Å². The summed E-state index contributed by atoms with van der Waals surface area (Å²) in [6, 6.07) is 4.82. The second-order valence-electron chi connectivity index (χ2n) is 4.56. The lowest BCUT2D eigenvalue weighted by Crippen LogP contribution is -2.43. The largest absolute Gasteiger partial charge is 0.449 e. The van der Waals surface area contributed by atoms with Crippen molar-refractivity contribution >= 4 is 6.09 Å². The van der Waals surface area contributed by atoms with Crippen molar-refractivity contribution in [3.05, 3.63) is 35.4 Å². The summed E-state index contributed by atoms with van der Waals surface area (Å²) in [5.74, 6) is -0.193. The fourth-order valence-corrected chi connectivity index (χ4v) is 2.11. The molecule has 1 amide bonds. The zero-order chi connectivity index (χ0) is 14.8. The van der Waals surface area contributed by atoms with Crippen LogP contribution in [0.1, 0.15) is 17.0 Å². The number of amides is 1. The second kappa shape index (κ2) is 5.70. The molecular weight excluding hydrogens is 275 g/mol. The highest BCUT2D eigenvalue weighted by atomic mass is 19.4. The van der Waals surface area contributed by atoms with E-state index in [4.69, 9.17) is 9.84 Å². The molecule has 0 aliphatic carbocycles. The molecule has 2 rings (SSSR count). The van der Waals surface area contributed by atoms with E-state index in [2.05, 4.69) is 0 Å². The van der Waals surface area contributed by atoms with Crippen molar-refractivity contribution in [2.45, 2.75) is 12.1 Å². The molecule has 4 nitrogen and oxygen atoms in total. The smallest absolute Gasteiger partial charge is 0.416 e. The summed E-state index contributed by atoms with van der Waals surface area (Å²) in [5, 5.41) is 8.84. The number of cyclic esters (lactones) is 1. The van der Waals surface area contributed by atoms with E-state index < -0.39 is 17.8 Å². The van der Waals surface area contributed by atoms with E-state index in [1.165, 1.54) is 17.0 Å². The predicted octanol–water partition coefficient (Wildman–Crippen LogP) is 2.23. The molecule has 0 aromatic heterocycles. The Bertz CT molecular complexity index is 473. The average molecular weight is 289 g/mol. The molecule has 0 saturated carbocycles. The average Bonchev–Trinajstić information content (AvgIpc) is 2.41. The van der Waals surface area contributed by atoms with Crippen molar-refractivity contribution in [1.82, 2.24) is 4.90 Å². The summed E-state index contributed by atoms with van der Waals surface area (Å²) < 4.78 is 42.4. The second-order valence-corrected chi connectivity index (χ2v) is 4.56. The van der Waals surface area contributed by atoms with E-state index >= 15 is 0 Å². The third-order valence-electron chi connectivity index (χ3n) is 3.19. The molecule has 0 bridgehead atoms. The van der Waals surface area contributed by atoms with Crippen LogP contribution in [0.3, 0.4) is 0 Å². The van der Waals surface area contributed by atoms with Crippen LogP contribution in [-0.4, -0.2) is 42.4 Å². The Hall–Kier alpha value is -1.76. The van der Waals surface area contributed by atoms with E-state index in [0.717, 1.165) is 12.1 Å². The van der Waals surface area contributed by atoms with E-state index in [0.29, 0.717) is 12.1 Å². The summed E-state index contributed by atoms with van der Waals surface area (Å²) in [6.07, 6.45) is -4.87. The van der Waals surface area contributed by atoms with Crippen LogP contribution in [0, 0.1) is 0 Å². The van der Waals surface area contributed by atoms with Gasteiger partial charge in [0.1, 0.15) is 6.61 Å². The molecule has 1 N–H and O–H groups in total. The van der Waals surface area contributed by atoms with Gasteiger partial charge in [-0.1, -0.05) is 12.1 Å². The lowest BCUT2D eigenvalue weighted by Gasteiger charge is -2.32. The van der Waals surface area contributed by atoms with Crippen LogP contribution in [0.15, 0.2) is 24.3 Å². The predicted molar refractivity (Wildman–Crippen MR) is 64.2 cm³/mol. The van der Waals surface area contributed by atoms with Gasteiger partial charge in [0.15, 0.2) is 0 Å². The molecule has 20 heavy (non-hydrogen) atoms. The number of aliphatic hydroxyl groups is 1. The molecule has 1 unspecified atom stereocenters. The zero-order valence-corrected chi connectivity index (χ0v) is 10.6. The number of rotatable bonds is 3.